The molecule has 3 nitrogen and oxygen atoms in total. The number of ether oxygens (including phenoxy) is 1. The Morgan fingerprint density at radius 2 is 2.05 bits per heavy atom. The molecule has 1 unspecified atom stereocenters. The normalized spacial score (nSPS) is 14.5. The molecule has 0 bridgehead atoms. The minimum Gasteiger partial charge on any atom is -0.490 e. The maximum absolute atomic E-state index is 13.3. The molecule has 108 valence electrons. The number of nitrogens with one attached hydrogen (secondary N) is 1. The molecule has 0 aliphatic rings. The zero-order valence-electron chi connectivity index (χ0n) is 11.5. The van der Waals surface area contributed by atoms with Crippen molar-refractivity contribution < 1.29 is 18.6 Å². The fourth-order valence-electron chi connectivity index (χ4n) is 1.88. The lowest BCUT2D eigenvalue weighted by Crippen LogP contribution is -2.50. The van der Waals surface area contributed by atoms with Gasteiger partial charge in [0, 0.05) is 18.0 Å². The van der Waals surface area contributed by atoms with Gasteiger partial charge in [-0.05, 0) is 19.1 Å². The van der Waals surface area contributed by atoms with Gasteiger partial charge in [-0.1, -0.05) is 19.9 Å². The summed E-state index contributed by atoms with van der Waals surface area (Å²) >= 11 is 0. The highest BCUT2D eigenvalue weighted by Crippen LogP contribution is 2.20. The van der Waals surface area contributed by atoms with E-state index in [0.717, 1.165) is 6.07 Å². The summed E-state index contributed by atoms with van der Waals surface area (Å²) in [5.41, 5.74) is -0.502. The Hall–Kier alpha value is -1.20. The van der Waals surface area contributed by atoms with Crippen LogP contribution in [0.4, 0.5) is 8.78 Å². The third kappa shape index (κ3) is 4.76. The average molecular weight is 273 g/mol. The van der Waals surface area contributed by atoms with Crippen molar-refractivity contribution in [2.45, 2.75) is 38.8 Å². The lowest BCUT2D eigenvalue weighted by atomic mass is 9.98. The highest BCUT2D eigenvalue weighted by atomic mass is 19.2. The first-order valence-corrected chi connectivity index (χ1v) is 6.33. The highest BCUT2D eigenvalue weighted by Gasteiger charge is 2.24. The van der Waals surface area contributed by atoms with Gasteiger partial charge in [0.2, 0.25) is 5.82 Å². The van der Waals surface area contributed by atoms with Crippen LogP contribution in [0.3, 0.4) is 0 Å². The summed E-state index contributed by atoms with van der Waals surface area (Å²) in [7, 11) is 0. The topological polar surface area (TPSA) is 41.5 Å². The number of benzene rings is 1. The van der Waals surface area contributed by atoms with E-state index in [-0.39, 0.29) is 25.0 Å². The van der Waals surface area contributed by atoms with Gasteiger partial charge in [0.05, 0.1) is 13.2 Å². The van der Waals surface area contributed by atoms with Crippen LogP contribution in [0.2, 0.25) is 0 Å². The molecule has 0 aromatic heterocycles. The summed E-state index contributed by atoms with van der Waals surface area (Å²) in [6, 6.07) is 4.03. The first-order valence-electron chi connectivity index (χ1n) is 6.33. The molecule has 5 heteroatoms. The van der Waals surface area contributed by atoms with E-state index in [1.807, 2.05) is 20.8 Å². The van der Waals surface area contributed by atoms with E-state index >= 15 is 0 Å². The summed E-state index contributed by atoms with van der Waals surface area (Å²) < 4.78 is 31.6. The third-order valence-corrected chi connectivity index (χ3v) is 2.81. The van der Waals surface area contributed by atoms with E-state index in [1.54, 1.807) is 0 Å². The van der Waals surface area contributed by atoms with Crippen LogP contribution in [0.25, 0.3) is 0 Å². The van der Waals surface area contributed by atoms with Gasteiger partial charge in [0.15, 0.2) is 11.6 Å². The van der Waals surface area contributed by atoms with Crippen molar-refractivity contribution in [2.75, 3.05) is 13.2 Å². The Kier molecular flexibility index (Phi) is 5.69. The lowest BCUT2D eigenvalue weighted by molar-refractivity contribution is 0.135. The van der Waals surface area contributed by atoms with E-state index in [2.05, 4.69) is 5.32 Å². The molecule has 1 aromatic rings. The van der Waals surface area contributed by atoms with Crippen LogP contribution in [-0.2, 0) is 0 Å². The minimum atomic E-state index is -0.981. The van der Waals surface area contributed by atoms with Crippen LogP contribution in [0.1, 0.15) is 27.2 Å². The van der Waals surface area contributed by atoms with Gasteiger partial charge in [0.25, 0.3) is 0 Å². The Labute approximate surface area is 112 Å². The van der Waals surface area contributed by atoms with E-state index in [9.17, 15) is 13.9 Å². The van der Waals surface area contributed by atoms with Crippen LogP contribution in [-0.4, -0.2) is 29.9 Å². The number of hydrogen-bond donors (Lipinski definition) is 2. The molecular formula is C14H21F2NO2. The van der Waals surface area contributed by atoms with Gasteiger partial charge in [-0.2, -0.15) is 4.39 Å². The summed E-state index contributed by atoms with van der Waals surface area (Å²) in [5, 5.41) is 12.6. The predicted octanol–water partition coefficient (Wildman–Crippen LogP) is 2.48. The molecule has 0 heterocycles. The van der Waals surface area contributed by atoms with E-state index in [1.165, 1.54) is 12.1 Å². The summed E-state index contributed by atoms with van der Waals surface area (Å²) in [5.74, 6) is -2.02. The monoisotopic (exact) mass is 273 g/mol. The maximum Gasteiger partial charge on any atom is 0.200 e. The van der Waals surface area contributed by atoms with Crippen molar-refractivity contribution in [3.8, 4) is 5.75 Å². The molecule has 19 heavy (non-hydrogen) atoms. The summed E-state index contributed by atoms with van der Waals surface area (Å²) in [4.78, 5) is 0. The summed E-state index contributed by atoms with van der Waals surface area (Å²) in [6.45, 7) is 5.94. The molecule has 0 saturated carbocycles. The first-order chi connectivity index (χ1) is 8.88. The Morgan fingerprint density at radius 1 is 1.37 bits per heavy atom. The SMILES string of the molecule is CC(C)NC(C)(CO)CCOc1cccc(F)c1F. The molecule has 1 aromatic carbocycles. The quantitative estimate of drug-likeness (QED) is 0.802. The first kappa shape index (κ1) is 15.9. The molecular weight excluding hydrogens is 252 g/mol. The van der Waals surface area contributed by atoms with E-state index in [0.29, 0.717) is 6.42 Å². The van der Waals surface area contributed by atoms with E-state index in [4.69, 9.17) is 4.74 Å². The van der Waals surface area contributed by atoms with Gasteiger partial charge in [0.1, 0.15) is 0 Å². The van der Waals surface area contributed by atoms with Crippen LogP contribution in [0.5, 0.6) is 5.75 Å². The smallest absolute Gasteiger partial charge is 0.200 e. The summed E-state index contributed by atoms with van der Waals surface area (Å²) in [6.07, 6.45) is 0.484. The average Bonchev–Trinajstić information content (AvgIpc) is 2.33. The second kappa shape index (κ2) is 6.82. The van der Waals surface area contributed by atoms with Gasteiger partial charge in [-0.3, -0.25) is 0 Å². The van der Waals surface area contributed by atoms with Crippen molar-refractivity contribution >= 4 is 0 Å². The van der Waals surface area contributed by atoms with Crippen molar-refractivity contribution in [3.63, 3.8) is 0 Å². The highest BCUT2D eigenvalue weighted by molar-refractivity contribution is 5.24. The molecule has 1 rings (SSSR count). The molecule has 2 N–H and O–H groups in total. The van der Waals surface area contributed by atoms with Crippen LogP contribution < -0.4 is 10.1 Å². The molecule has 0 aliphatic heterocycles. The van der Waals surface area contributed by atoms with Crippen LogP contribution in [0, 0.1) is 11.6 Å². The number of hydrogen-bond acceptors (Lipinski definition) is 3. The predicted molar refractivity (Wildman–Crippen MR) is 70.2 cm³/mol. The third-order valence-electron chi connectivity index (χ3n) is 2.81. The molecule has 0 radical (unpaired) electrons. The molecule has 0 fully saturated rings. The second-order valence-electron chi connectivity index (χ2n) is 5.17. The zero-order chi connectivity index (χ0) is 14.5. The van der Waals surface area contributed by atoms with Crippen molar-refractivity contribution in [3.05, 3.63) is 29.8 Å². The molecule has 1 atom stereocenters. The number of aliphatic hydroxyl groups excluding tert-OH is 1. The molecule has 0 saturated heterocycles. The number of halogens is 2. The van der Waals surface area contributed by atoms with Gasteiger partial charge < -0.3 is 15.2 Å². The standard InChI is InChI=1S/C14H21F2NO2/c1-10(2)17-14(3,9-18)7-8-19-12-6-4-5-11(15)13(12)16/h4-6,10,17-18H,7-9H2,1-3H3. The Bertz CT molecular complexity index is 412. The largest absolute Gasteiger partial charge is 0.490 e. The van der Waals surface area contributed by atoms with Crippen molar-refractivity contribution in [2.24, 2.45) is 0 Å². The minimum absolute atomic E-state index is 0.0554. The Balaban J connectivity index is 2.55. The fraction of sp³-hybridized carbons (Fsp3) is 0.571. The fourth-order valence-corrected chi connectivity index (χ4v) is 1.88. The van der Waals surface area contributed by atoms with Crippen molar-refractivity contribution in [1.29, 1.82) is 0 Å². The zero-order valence-corrected chi connectivity index (χ0v) is 11.5. The molecule has 0 amide bonds. The van der Waals surface area contributed by atoms with Gasteiger partial charge >= 0.3 is 0 Å². The molecule has 0 aliphatic carbocycles. The lowest BCUT2D eigenvalue weighted by Gasteiger charge is -2.31. The van der Waals surface area contributed by atoms with Crippen LogP contribution >= 0.6 is 0 Å². The number of rotatable bonds is 7. The van der Waals surface area contributed by atoms with Gasteiger partial charge in [-0.15, -0.1) is 0 Å². The van der Waals surface area contributed by atoms with Crippen LogP contribution in [0.15, 0.2) is 18.2 Å². The maximum atomic E-state index is 13.3. The second-order valence-corrected chi connectivity index (χ2v) is 5.17. The number of aliphatic hydroxyl groups is 1. The van der Waals surface area contributed by atoms with Gasteiger partial charge in [-0.25, -0.2) is 4.39 Å². The molecule has 0 spiro atoms. The van der Waals surface area contributed by atoms with E-state index < -0.39 is 17.2 Å². The Morgan fingerprint density at radius 3 is 2.63 bits per heavy atom. The van der Waals surface area contributed by atoms with Crippen molar-refractivity contribution in [1.82, 2.24) is 5.32 Å².